The molecule has 1 atom stereocenters. The Kier molecular flexibility index (Phi) is 3.99. The number of nitrogens with one attached hydrogen (secondary N) is 1. The highest BCUT2D eigenvalue weighted by Crippen LogP contribution is 2.28. The number of anilines is 1. The second-order valence-corrected chi connectivity index (χ2v) is 5.41. The van der Waals surface area contributed by atoms with Crippen molar-refractivity contribution in [3.63, 3.8) is 0 Å². The lowest BCUT2D eigenvalue weighted by atomic mass is 10.1. The average molecular weight is 327 g/mol. The number of rotatable bonds is 4. The molecule has 0 amide bonds. The molecule has 24 heavy (non-hydrogen) atoms. The lowest BCUT2D eigenvalue weighted by Crippen LogP contribution is -2.08. The Labute approximate surface area is 136 Å². The number of fused-ring (bicyclic) bond motifs is 1. The molecule has 0 fully saturated rings. The third kappa shape index (κ3) is 3.10. The van der Waals surface area contributed by atoms with Crippen LogP contribution >= 0.6 is 0 Å². The number of benzene rings is 2. The molecule has 1 heterocycles. The quantitative estimate of drug-likeness (QED) is 0.555. The molecule has 0 bridgehead atoms. The number of nitro groups is 1. The smallest absolute Gasteiger partial charge is 0.298 e. The molecule has 0 unspecified atom stereocenters. The first-order chi connectivity index (χ1) is 11.4. The van der Waals surface area contributed by atoms with E-state index in [1.54, 1.807) is 30.3 Å². The maximum Gasteiger partial charge on any atom is 0.298 e. The molecule has 2 aromatic carbocycles. The molecule has 0 spiro atoms. The van der Waals surface area contributed by atoms with Crippen LogP contribution in [0.1, 0.15) is 18.5 Å². The third-order valence-corrected chi connectivity index (χ3v) is 3.67. The van der Waals surface area contributed by atoms with Gasteiger partial charge in [0.25, 0.3) is 5.69 Å². The van der Waals surface area contributed by atoms with E-state index in [0.29, 0.717) is 11.2 Å². The third-order valence-electron chi connectivity index (χ3n) is 3.67. The van der Waals surface area contributed by atoms with Crippen molar-refractivity contribution in [2.75, 3.05) is 5.32 Å². The number of aromatic hydroxyl groups is 1. The Morgan fingerprint density at radius 1 is 1.25 bits per heavy atom. The predicted octanol–water partition coefficient (Wildman–Crippen LogP) is 4.16. The molecule has 0 saturated carbocycles. The number of hydrogen-bond donors (Lipinski definition) is 2. The molecule has 0 aliphatic carbocycles. The fourth-order valence-corrected chi connectivity index (χ4v) is 2.50. The molecule has 0 aliphatic rings. The van der Waals surface area contributed by atoms with Gasteiger partial charge in [0.2, 0.25) is 0 Å². The molecule has 122 valence electrons. The molecule has 7 heteroatoms. The maximum atomic E-state index is 13.5. The average Bonchev–Trinajstić information content (AvgIpc) is 2.54. The SMILES string of the molecule is C[C@H](Nc1ccc2cc(F)cc([N+](=O)[O-])c2n1)c1cccc(O)c1. The minimum absolute atomic E-state index is 0.120. The van der Waals surface area contributed by atoms with Gasteiger partial charge < -0.3 is 10.4 Å². The largest absolute Gasteiger partial charge is 0.508 e. The number of nitrogens with zero attached hydrogens (tertiary/aromatic N) is 2. The van der Waals surface area contributed by atoms with Crippen LogP contribution in [0.2, 0.25) is 0 Å². The van der Waals surface area contributed by atoms with E-state index in [2.05, 4.69) is 10.3 Å². The first-order valence-electron chi connectivity index (χ1n) is 7.24. The highest BCUT2D eigenvalue weighted by Gasteiger charge is 2.16. The fraction of sp³-hybridized carbons (Fsp3) is 0.118. The minimum Gasteiger partial charge on any atom is -0.508 e. The Balaban J connectivity index is 1.97. The summed E-state index contributed by atoms with van der Waals surface area (Å²) in [5.41, 5.74) is 0.582. The number of pyridine rings is 1. The molecule has 0 aliphatic heterocycles. The van der Waals surface area contributed by atoms with Gasteiger partial charge in [0.15, 0.2) is 5.52 Å². The van der Waals surface area contributed by atoms with Crippen molar-refractivity contribution in [1.82, 2.24) is 4.98 Å². The topological polar surface area (TPSA) is 88.3 Å². The first-order valence-corrected chi connectivity index (χ1v) is 7.24. The number of phenolic OH excluding ortho intramolecular Hbond substituents is 1. The van der Waals surface area contributed by atoms with Crippen LogP contribution in [-0.2, 0) is 0 Å². The van der Waals surface area contributed by atoms with Gasteiger partial charge in [-0.2, -0.15) is 0 Å². The summed E-state index contributed by atoms with van der Waals surface area (Å²) in [5, 5.41) is 24.1. The summed E-state index contributed by atoms with van der Waals surface area (Å²) < 4.78 is 13.5. The van der Waals surface area contributed by atoms with Crippen LogP contribution < -0.4 is 5.32 Å². The van der Waals surface area contributed by atoms with E-state index in [9.17, 15) is 19.6 Å². The van der Waals surface area contributed by atoms with Gasteiger partial charge in [-0.25, -0.2) is 9.37 Å². The van der Waals surface area contributed by atoms with Gasteiger partial charge >= 0.3 is 0 Å². The molecule has 2 N–H and O–H groups in total. The lowest BCUT2D eigenvalue weighted by molar-refractivity contribution is -0.383. The van der Waals surface area contributed by atoms with E-state index in [1.807, 2.05) is 13.0 Å². The zero-order chi connectivity index (χ0) is 17.3. The lowest BCUT2D eigenvalue weighted by Gasteiger charge is -2.15. The number of nitro benzene ring substituents is 1. The zero-order valence-corrected chi connectivity index (χ0v) is 12.7. The summed E-state index contributed by atoms with van der Waals surface area (Å²) in [4.78, 5) is 14.7. The van der Waals surface area contributed by atoms with Crippen LogP contribution in [0, 0.1) is 15.9 Å². The van der Waals surface area contributed by atoms with Crippen molar-refractivity contribution in [1.29, 1.82) is 0 Å². The summed E-state index contributed by atoms with van der Waals surface area (Å²) in [6, 6.07) is 11.9. The number of halogens is 1. The van der Waals surface area contributed by atoms with Crippen LogP contribution in [-0.4, -0.2) is 15.0 Å². The van der Waals surface area contributed by atoms with Gasteiger partial charge in [-0.15, -0.1) is 0 Å². The van der Waals surface area contributed by atoms with E-state index in [-0.39, 0.29) is 23.0 Å². The van der Waals surface area contributed by atoms with E-state index >= 15 is 0 Å². The molecule has 0 saturated heterocycles. The molecule has 3 aromatic rings. The summed E-state index contributed by atoms with van der Waals surface area (Å²) in [5.74, 6) is -0.100. The molecule has 0 radical (unpaired) electrons. The van der Waals surface area contributed by atoms with Crippen LogP contribution in [0.5, 0.6) is 5.75 Å². The summed E-state index contributed by atoms with van der Waals surface area (Å²) in [6.45, 7) is 1.87. The van der Waals surface area contributed by atoms with Crippen molar-refractivity contribution in [3.8, 4) is 5.75 Å². The number of non-ortho nitro benzene ring substituents is 1. The summed E-state index contributed by atoms with van der Waals surface area (Å²) >= 11 is 0. The van der Waals surface area contributed by atoms with E-state index in [1.165, 1.54) is 6.07 Å². The Bertz CT molecular complexity index is 930. The van der Waals surface area contributed by atoms with Gasteiger partial charge in [-0.3, -0.25) is 10.1 Å². The number of hydrogen-bond acceptors (Lipinski definition) is 5. The number of phenols is 1. The predicted molar refractivity (Wildman–Crippen MR) is 88.5 cm³/mol. The van der Waals surface area contributed by atoms with Crippen molar-refractivity contribution >= 4 is 22.4 Å². The normalized spacial score (nSPS) is 12.1. The summed E-state index contributed by atoms with van der Waals surface area (Å²) in [7, 11) is 0. The van der Waals surface area contributed by atoms with Gasteiger partial charge in [0, 0.05) is 5.39 Å². The molecule has 1 aromatic heterocycles. The Morgan fingerprint density at radius 2 is 2.04 bits per heavy atom. The monoisotopic (exact) mass is 327 g/mol. The molecular formula is C17H14FN3O3. The van der Waals surface area contributed by atoms with Crippen molar-refractivity contribution < 1.29 is 14.4 Å². The highest BCUT2D eigenvalue weighted by molar-refractivity contribution is 5.88. The van der Waals surface area contributed by atoms with Gasteiger partial charge in [-0.05, 0) is 42.8 Å². The second-order valence-electron chi connectivity index (χ2n) is 5.41. The Morgan fingerprint density at radius 3 is 2.75 bits per heavy atom. The van der Waals surface area contributed by atoms with Crippen molar-refractivity contribution in [2.24, 2.45) is 0 Å². The minimum atomic E-state index is -0.676. The standard InChI is InChI=1S/C17H14FN3O3/c1-10(11-3-2-4-14(22)8-11)19-16-6-5-12-7-13(18)9-15(21(23)24)17(12)20-16/h2-10,22H,1H3,(H,19,20)/t10-/m0/s1. The van der Waals surface area contributed by atoms with E-state index < -0.39 is 10.7 Å². The second kappa shape index (κ2) is 6.11. The van der Waals surface area contributed by atoms with Gasteiger partial charge in [0.05, 0.1) is 17.0 Å². The van der Waals surface area contributed by atoms with Crippen LogP contribution in [0.4, 0.5) is 15.9 Å². The number of aromatic nitrogens is 1. The van der Waals surface area contributed by atoms with Crippen LogP contribution in [0.3, 0.4) is 0 Å². The van der Waals surface area contributed by atoms with Crippen LogP contribution in [0.25, 0.3) is 10.9 Å². The molecule has 3 rings (SSSR count). The first kappa shape index (κ1) is 15.7. The molecular weight excluding hydrogens is 313 g/mol. The Hall–Kier alpha value is -3.22. The van der Waals surface area contributed by atoms with E-state index in [4.69, 9.17) is 0 Å². The highest BCUT2D eigenvalue weighted by atomic mass is 19.1. The van der Waals surface area contributed by atoms with Gasteiger partial charge in [-0.1, -0.05) is 12.1 Å². The van der Waals surface area contributed by atoms with Crippen molar-refractivity contribution in [2.45, 2.75) is 13.0 Å². The van der Waals surface area contributed by atoms with E-state index in [0.717, 1.165) is 11.6 Å². The summed E-state index contributed by atoms with van der Waals surface area (Å²) in [6.07, 6.45) is 0. The maximum absolute atomic E-state index is 13.5. The fourth-order valence-electron chi connectivity index (χ4n) is 2.50. The van der Waals surface area contributed by atoms with Crippen LogP contribution in [0.15, 0.2) is 48.5 Å². The van der Waals surface area contributed by atoms with Crippen molar-refractivity contribution in [3.05, 3.63) is 70.0 Å². The molecule has 6 nitrogen and oxygen atoms in total. The van der Waals surface area contributed by atoms with Gasteiger partial charge in [0.1, 0.15) is 17.4 Å². The zero-order valence-electron chi connectivity index (χ0n) is 12.7.